The molecular formula is C16H5F6NO3. The van der Waals surface area contributed by atoms with E-state index >= 15 is 0 Å². The highest BCUT2D eigenvalue weighted by molar-refractivity contribution is 5.93. The molecule has 1 N–H and O–H groups in total. The molecule has 0 aliphatic carbocycles. The number of rotatable bonds is 2. The number of fused-ring (bicyclic) bond motifs is 1. The van der Waals surface area contributed by atoms with Crippen LogP contribution in [0.1, 0.15) is 10.4 Å². The lowest BCUT2D eigenvalue weighted by Gasteiger charge is -2.14. The van der Waals surface area contributed by atoms with Gasteiger partial charge in [-0.15, -0.1) is 0 Å². The third kappa shape index (κ3) is 2.41. The van der Waals surface area contributed by atoms with Crippen LogP contribution in [-0.2, 0) is 0 Å². The number of pyridine rings is 1. The Bertz CT molecular complexity index is 1160. The standard InChI is InChI=1S/C16H5F6NO3/c17-7-2-1-5(3-8(7)18)23-4-6(16(25)26)15(24)9-10(19)11(20)12(21)13(22)14(9)23/h1-4H,(H,25,26). The summed E-state index contributed by atoms with van der Waals surface area (Å²) in [6.45, 7) is 0. The highest BCUT2D eigenvalue weighted by Gasteiger charge is 2.27. The number of halogens is 6. The van der Waals surface area contributed by atoms with E-state index in [0.717, 1.165) is 6.07 Å². The predicted molar refractivity (Wildman–Crippen MR) is 76.3 cm³/mol. The molecule has 0 aliphatic heterocycles. The molecule has 2 aromatic carbocycles. The Labute approximate surface area is 139 Å². The molecule has 4 nitrogen and oxygen atoms in total. The topological polar surface area (TPSA) is 59.3 Å². The average molecular weight is 373 g/mol. The molecule has 3 aromatic rings. The molecule has 0 fully saturated rings. The van der Waals surface area contributed by atoms with Crippen LogP contribution in [0.25, 0.3) is 16.6 Å². The zero-order valence-electron chi connectivity index (χ0n) is 12.3. The van der Waals surface area contributed by atoms with E-state index in [9.17, 15) is 35.9 Å². The first kappa shape index (κ1) is 17.5. The lowest BCUT2D eigenvalue weighted by molar-refractivity contribution is 0.0695. The van der Waals surface area contributed by atoms with E-state index in [1.54, 1.807) is 0 Å². The predicted octanol–water partition coefficient (Wildman–Crippen LogP) is 3.52. The van der Waals surface area contributed by atoms with Crippen molar-refractivity contribution in [1.29, 1.82) is 0 Å². The van der Waals surface area contributed by atoms with E-state index in [4.69, 9.17) is 5.11 Å². The SMILES string of the molecule is O=C(O)c1cn(-c2ccc(F)c(F)c2)c2c(F)c(F)c(F)c(F)c2c1=O. The second kappa shape index (κ2) is 5.90. The van der Waals surface area contributed by atoms with Gasteiger partial charge in [0.05, 0.1) is 10.9 Å². The van der Waals surface area contributed by atoms with Crippen molar-refractivity contribution in [2.45, 2.75) is 0 Å². The van der Waals surface area contributed by atoms with E-state index in [0.29, 0.717) is 22.9 Å². The minimum atomic E-state index is -2.31. The first-order valence-electron chi connectivity index (χ1n) is 6.75. The summed E-state index contributed by atoms with van der Waals surface area (Å²) in [7, 11) is 0. The molecule has 0 unspecified atom stereocenters. The van der Waals surface area contributed by atoms with Crippen LogP contribution >= 0.6 is 0 Å². The molecule has 1 heterocycles. The number of carboxylic acid groups (broad SMARTS) is 1. The number of carboxylic acids is 1. The van der Waals surface area contributed by atoms with Gasteiger partial charge >= 0.3 is 5.97 Å². The minimum absolute atomic E-state index is 0.420. The van der Waals surface area contributed by atoms with Crippen molar-refractivity contribution in [3.63, 3.8) is 0 Å². The highest BCUT2D eigenvalue weighted by Crippen LogP contribution is 2.28. The zero-order chi connectivity index (χ0) is 19.3. The molecule has 0 saturated carbocycles. The maximum Gasteiger partial charge on any atom is 0.341 e. The molecule has 0 saturated heterocycles. The third-order valence-electron chi connectivity index (χ3n) is 3.62. The monoisotopic (exact) mass is 373 g/mol. The van der Waals surface area contributed by atoms with Gasteiger partial charge < -0.3 is 9.67 Å². The molecule has 26 heavy (non-hydrogen) atoms. The molecular weight excluding hydrogens is 368 g/mol. The van der Waals surface area contributed by atoms with Gasteiger partial charge in [0.15, 0.2) is 34.9 Å². The molecule has 10 heteroatoms. The summed E-state index contributed by atoms with van der Waals surface area (Å²) < 4.78 is 82.3. The minimum Gasteiger partial charge on any atom is -0.477 e. The van der Waals surface area contributed by atoms with Crippen molar-refractivity contribution in [2.75, 3.05) is 0 Å². The fourth-order valence-electron chi connectivity index (χ4n) is 2.43. The van der Waals surface area contributed by atoms with Gasteiger partial charge in [-0.05, 0) is 12.1 Å². The number of hydrogen-bond acceptors (Lipinski definition) is 2. The van der Waals surface area contributed by atoms with Gasteiger partial charge in [0.25, 0.3) is 0 Å². The second-order valence-corrected chi connectivity index (χ2v) is 5.13. The van der Waals surface area contributed by atoms with Crippen molar-refractivity contribution in [1.82, 2.24) is 4.57 Å². The van der Waals surface area contributed by atoms with Crippen LogP contribution in [0.3, 0.4) is 0 Å². The molecule has 1 aromatic heterocycles. The summed E-state index contributed by atoms with van der Waals surface area (Å²) in [6, 6.07) is 1.90. The number of carbonyl (C=O) groups is 1. The second-order valence-electron chi connectivity index (χ2n) is 5.13. The Morgan fingerprint density at radius 2 is 1.50 bits per heavy atom. The zero-order valence-corrected chi connectivity index (χ0v) is 12.3. The van der Waals surface area contributed by atoms with E-state index in [1.807, 2.05) is 0 Å². The van der Waals surface area contributed by atoms with Crippen molar-refractivity contribution in [2.24, 2.45) is 0 Å². The molecule has 0 bridgehead atoms. The summed E-state index contributed by atoms with van der Waals surface area (Å²) in [5, 5.41) is 7.66. The van der Waals surface area contributed by atoms with Crippen molar-refractivity contribution in [3.05, 3.63) is 75.1 Å². The average Bonchev–Trinajstić information content (AvgIpc) is 2.59. The number of benzene rings is 2. The highest BCUT2D eigenvalue weighted by atomic mass is 19.2. The lowest BCUT2D eigenvalue weighted by Crippen LogP contribution is -2.21. The van der Waals surface area contributed by atoms with Crippen LogP contribution in [-0.4, -0.2) is 15.6 Å². The lowest BCUT2D eigenvalue weighted by atomic mass is 10.1. The molecule has 0 amide bonds. The number of aromatic nitrogens is 1. The Morgan fingerprint density at radius 3 is 2.08 bits per heavy atom. The van der Waals surface area contributed by atoms with Crippen LogP contribution in [0.2, 0.25) is 0 Å². The van der Waals surface area contributed by atoms with Gasteiger partial charge in [-0.1, -0.05) is 0 Å². The maximum atomic E-state index is 14.2. The molecule has 0 atom stereocenters. The summed E-state index contributed by atoms with van der Waals surface area (Å²) in [5.74, 6) is -13.3. The van der Waals surface area contributed by atoms with E-state index in [-0.39, 0.29) is 0 Å². The van der Waals surface area contributed by atoms with Gasteiger partial charge in [-0.2, -0.15) is 0 Å². The Kier molecular flexibility index (Phi) is 3.98. The third-order valence-corrected chi connectivity index (χ3v) is 3.62. The van der Waals surface area contributed by atoms with Crippen LogP contribution in [0, 0.1) is 34.9 Å². The smallest absolute Gasteiger partial charge is 0.341 e. The normalized spacial score (nSPS) is 11.2. The van der Waals surface area contributed by atoms with Gasteiger partial charge in [0.1, 0.15) is 5.56 Å². The fourth-order valence-corrected chi connectivity index (χ4v) is 2.43. The maximum absolute atomic E-state index is 14.2. The van der Waals surface area contributed by atoms with Crippen LogP contribution in [0.4, 0.5) is 26.3 Å². The Morgan fingerprint density at radius 1 is 0.885 bits per heavy atom. The molecule has 134 valence electrons. The van der Waals surface area contributed by atoms with E-state index in [2.05, 4.69) is 0 Å². The van der Waals surface area contributed by atoms with E-state index < -0.39 is 68.5 Å². The van der Waals surface area contributed by atoms with Crippen molar-refractivity contribution in [3.8, 4) is 5.69 Å². The van der Waals surface area contributed by atoms with Crippen LogP contribution in [0.15, 0.2) is 29.2 Å². The number of nitrogens with zero attached hydrogens (tertiary/aromatic N) is 1. The van der Waals surface area contributed by atoms with E-state index in [1.165, 1.54) is 0 Å². The largest absolute Gasteiger partial charge is 0.477 e. The van der Waals surface area contributed by atoms with Gasteiger partial charge in [-0.3, -0.25) is 4.79 Å². The Hall–Kier alpha value is -3.30. The summed E-state index contributed by atoms with van der Waals surface area (Å²) >= 11 is 0. The molecule has 0 radical (unpaired) electrons. The van der Waals surface area contributed by atoms with Crippen LogP contribution < -0.4 is 5.43 Å². The van der Waals surface area contributed by atoms with Gasteiger partial charge in [0.2, 0.25) is 5.43 Å². The number of aromatic carboxylic acids is 1. The first-order chi connectivity index (χ1) is 12.1. The number of hydrogen-bond donors (Lipinski definition) is 1. The van der Waals surface area contributed by atoms with Gasteiger partial charge in [0, 0.05) is 18.0 Å². The quantitative estimate of drug-likeness (QED) is 0.425. The molecule has 3 rings (SSSR count). The van der Waals surface area contributed by atoms with Crippen LogP contribution in [0.5, 0.6) is 0 Å². The fraction of sp³-hybridized carbons (Fsp3) is 0. The summed E-state index contributed by atoms with van der Waals surface area (Å²) in [6.07, 6.45) is 0.472. The molecule has 0 aliphatic rings. The summed E-state index contributed by atoms with van der Waals surface area (Å²) in [4.78, 5) is 23.3. The Balaban J connectivity index is 2.61. The first-order valence-corrected chi connectivity index (χ1v) is 6.75. The molecule has 0 spiro atoms. The summed E-state index contributed by atoms with van der Waals surface area (Å²) in [5.41, 5.74) is -4.35. The van der Waals surface area contributed by atoms with Crippen molar-refractivity contribution < 1.29 is 36.2 Å². The van der Waals surface area contributed by atoms with Gasteiger partial charge in [-0.25, -0.2) is 31.1 Å². The van der Waals surface area contributed by atoms with Crippen molar-refractivity contribution >= 4 is 16.9 Å².